The van der Waals surface area contributed by atoms with Gasteiger partial charge < -0.3 is 9.47 Å². The third-order valence-electron chi connectivity index (χ3n) is 6.57. The predicted molar refractivity (Wildman–Crippen MR) is 159 cm³/mol. The number of hydrogen-bond donors (Lipinski definition) is 1. The number of rotatable bonds is 7. The highest BCUT2D eigenvalue weighted by atomic mass is 35.5. The number of thioether (sulfide) groups is 1. The van der Waals surface area contributed by atoms with E-state index >= 15 is 0 Å². The van der Waals surface area contributed by atoms with Gasteiger partial charge in [0.2, 0.25) is 5.91 Å². The lowest BCUT2D eigenvalue weighted by Gasteiger charge is -2.24. The molecule has 0 saturated carbocycles. The maximum absolute atomic E-state index is 12.7. The van der Waals surface area contributed by atoms with Crippen LogP contribution in [0.4, 0.5) is 0 Å². The van der Waals surface area contributed by atoms with Crippen molar-refractivity contribution in [1.29, 1.82) is 0 Å². The zero-order valence-electron chi connectivity index (χ0n) is 21.4. The molecule has 0 radical (unpaired) electrons. The topological polar surface area (TPSA) is 66.7 Å². The van der Waals surface area contributed by atoms with Gasteiger partial charge in [0.05, 0.1) is 12.0 Å². The van der Waals surface area contributed by atoms with Crippen molar-refractivity contribution < 1.29 is 9.59 Å². The van der Waals surface area contributed by atoms with E-state index < -0.39 is 0 Å². The van der Waals surface area contributed by atoms with Crippen LogP contribution in [-0.4, -0.2) is 33.2 Å². The van der Waals surface area contributed by atoms with E-state index in [1.165, 1.54) is 0 Å². The molecule has 39 heavy (non-hydrogen) atoms. The minimum Gasteiger partial charge on any atom is -0.322 e. The molecule has 1 atom stereocenters. The van der Waals surface area contributed by atoms with Crippen LogP contribution in [0.25, 0.3) is 5.69 Å². The molecule has 6 nitrogen and oxygen atoms in total. The second-order valence-corrected chi connectivity index (χ2v) is 11.2. The molecule has 1 saturated heterocycles. The second-order valence-electron chi connectivity index (χ2n) is 9.28. The quantitative estimate of drug-likeness (QED) is 0.191. The van der Waals surface area contributed by atoms with E-state index in [4.69, 9.17) is 23.2 Å². The van der Waals surface area contributed by atoms with Crippen LogP contribution in [0.5, 0.6) is 0 Å². The molecule has 4 aromatic rings. The van der Waals surface area contributed by atoms with Crippen molar-refractivity contribution in [1.82, 2.24) is 14.9 Å². The average Bonchev–Trinajstić information content (AvgIpc) is 3.41. The number of hydrogen-bond acceptors (Lipinski definition) is 4. The van der Waals surface area contributed by atoms with Gasteiger partial charge in [0.25, 0.3) is 5.91 Å². The largest absolute Gasteiger partial charge is 0.322 e. The number of halogens is 2. The number of aromatic nitrogens is 1. The molecule has 0 bridgehead atoms. The zero-order valence-corrected chi connectivity index (χ0v) is 23.7. The molecule has 198 valence electrons. The highest BCUT2D eigenvalue weighted by molar-refractivity contribution is 8.00. The van der Waals surface area contributed by atoms with Gasteiger partial charge in [-0.1, -0.05) is 65.7 Å². The van der Waals surface area contributed by atoms with Crippen molar-refractivity contribution in [2.45, 2.75) is 25.8 Å². The Balaban J connectivity index is 1.25. The second kappa shape index (κ2) is 11.7. The van der Waals surface area contributed by atoms with E-state index in [1.807, 2.05) is 84.0 Å². The molecule has 0 aliphatic carbocycles. The Hall–Kier alpha value is -3.52. The number of carbonyl (C=O) groups is 2. The number of nitrogens with zero attached hydrogens (tertiary/aromatic N) is 3. The van der Waals surface area contributed by atoms with Crippen LogP contribution >= 0.6 is 35.0 Å². The van der Waals surface area contributed by atoms with E-state index in [9.17, 15) is 9.59 Å². The minimum absolute atomic E-state index is 0.0857. The average molecular weight is 578 g/mol. The molecule has 1 aliphatic rings. The third kappa shape index (κ3) is 6.06. The predicted octanol–water partition coefficient (Wildman–Crippen LogP) is 6.94. The molecule has 1 aliphatic heterocycles. The van der Waals surface area contributed by atoms with Crippen molar-refractivity contribution in [2.75, 3.05) is 5.75 Å². The smallest absolute Gasteiger partial charge is 0.271 e. The van der Waals surface area contributed by atoms with Gasteiger partial charge in [0, 0.05) is 44.8 Å². The molecule has 2 heterocycles. The molecule has 1 unspecified atom stereocenters. The van der Waals surface area contributed by atoms with E-state index in [0.717, 1.165) is 33.8 Å². The Morgan fingerprint density at radius 2 is 1.72 bits per heavy atom. The Kier molecular flexibility index (Phi) is 8.12. The first-order valence-corrected chi connectivity index (χ1v) is 14.1. The first-order valence-electron chi connectivity index (χ1n) is 12.3. The van der Waals surface area contributed by atoms with E-state index in [2.05, 4.69) is 10.5 Å². The number of carbonyl (C=O) groups excluding carboxylic acids is 2. The van der Waals surface area contributed by atoms with Crippen LogP contribution in [0.3, 0.4) is 0 Å². The lowest BCUT2D eigenvalue weighted by molar-refractivity contribution is -0.128. The van der Waals surface area contributed by atoms with E-state index in [-0.39, 0.29) is 17.2 Å². The van der Waals surface area contributed by atoms with Crippen molar-refractivity contribution in [3.63, 3.8) is 0 Å². The monoisotopic (exact) mass is 576 g/mol. The minimum atomic E-state index is -0.315. The van der Waals surface area contributed by atoms with Gasteiger partial charge in [-0.3, -0.25) is 9.59 Å². The summed E-state index contributed by atoms with van der Waals surface area (Å²) in [4.78, 5) is 27.2. The summed E-state index contributed by atoms with van der Waals surface area (Å²) >= 11 is 14.0. The SMILES string of the molecule is Cc1cc(C=NNC(=O)c2ccc(C3SCC(=O)N3Cc3ccccc3)cc2)c(C)n1-c1cc(Cl)cc(Cl)c1. The van der Waals surface area contributed by atoms with Crippen LogP contribution in [-0.2, 0) is 11.3 Å². The molecule has 1 aromatic heterocycles. The number of nitrogens with one attached hydrogen (secondary N) is 1. The van der Waals surface area contributed by atoms with Gasteiger partial charge in [0.15, 0.2) is 0 Å². The number of hydrazone groups is 1. The lowest BCUT2D eigenvalue weighted by atomic mass is 10.1. The molecular weight excluding hydrogens is 551 g/mol. The van der Waals surface area contributed by atoms with Gasteiger partial charge in [0.1, 0.15) is 5.37 Å². The van der Waals surface area contributed by atoms with Crippen LogP contribution in [0, 0.1) is 13.8 Å². The summed E-state index contributed by atoms with van der Waals surface area (Å²) in [6.45, 7) is 4.51. The molecular formula is C30H26Cl2N4O2S. The van der Waals surface area contributed by atoms with Crippen molar-refractivity contribution >= 4 is 53.0 Å². The normalized spacial score (nSPS) is 15.3. The summed E-state index contributed by atoms with van der Waals surface area (Å²) in [6.07, 6.45) is 1.62. The molecule has 9 heteroatoms. The van der Waals surface area contributed by atoms with Crippen molar-refractivity contribution in [2.24, 2.45) is 5.10 Å². The van der Waals surface area contributed by atoms with Gasteiger partial charge in [-0.2, -0.15) is 5.10 Å². The zero-order chi connectivity index (χ0) is 27.5. The molecule has 2 amide bonds. The van der Waals surface area contributed by atoms with Crippen LogP contribution in [0.2, 0.25) is 10.0 Å². The van der Waals surface area contributed by atoms with E-state index in [0.29, 0.717) is 27.9 Å². The van der Waals surface area contributed by atoms with Crippen molar-refractivity contribution in [3.8, 4) is 5.69 Å². The molecule has 3 aromatic carbocycles. The highest BCUT2D eigenvalue weighted by Gasteiger charge is 2.32. The maximum Gasteiger partial charge on any atom is 0.271 e. The van der Waals surface area contributed by atoms with Gasteiger partial charge in [-0.25, -0.2) is 5.43 Å². The summed E-state index contributed by atoms with van der Waals surface area (Å²) in [5.41, 5.74) is 8.81. The fourth-order valence-corrected chi connectivity index (χ4v) is 6.39. The Morgan fingerprint density at radius 3 is 2.41 bits per heavy atom. The van der Waals surface area contributed by atoms with E-state index in [1.54, 1.807) is 36.2 Å². The first-order chi connectivity index (χ1) is 18.8. The highest BCUT2D eigenvalue weighted by Crippen LogP contribution is 2.39. The first kappa shape index (κ1) is 27.1. The molecule has 1 fully saturated rings. The summed E-state index contributed by atoms with van der Waals surface area (Å²) in [6, 6.07) is 24.6. The summed E-state index contributed by atoms with van der Waals surface area (Å²) < 4.78 is 2.03. The Labute approximate surface area is 241 Å². The molecule has 1 N–H and O–H groups in total. The summed E-state index contributed by atoms with van der Waals surface area (Å²) in [5.74, 6) is 0.242. The molecule has 5 rings (SSSR count). The Bertz CT molecular complexity index is 1530. The van der Waals surface area contributed by atoms with Crippen LogP contribution in [0.15, 0.2) is 84.0 Å². The van der Waals surface area contributed by atoms with Crippen LogP contribution < -0.4 is 5.43 Å². The fraction of sp³-hybridized carbons (Fsp3) is 0.167. The van der Waals surface area contributed by atoms with Crippen LogP contribution in [0.1, 0.15) is 43.8 Å². The van der Waals surface area contributed by atoms with Gasteiger partial charge in [-0.15, -0.1) is 11.8 Å². The summed E-state index contributed by atoms with van der Waals surface area (Å²) in [5, 5.41) is 5.21. The maximum atomic E-state index is 12.7. The number of amides is 2. The Morgan fingerprint density at radius 1 is 1.03 bits per heavy atom. The fourth-order valence-electron chi connectivity index (χ4n) is 4.69. The third-order valence-corrected chi connectivity index (χ3v) is 8.26. The lowest BCUT2D eigenvalue weighted by Crippen LogP contribution is -2.27. The van der Waals surface area contributed by atoms with Crippen molar-refractivity contribution in [3.05, 3.63) is 123 Å². The summed E-state index contributed by atoms with van der Waals surface area (Å²) in [7, 11) is 0. The number of aryl methyl sites for hydroxylation is 1. The molecule has 0 spiro atoms. The standard InChI is InChI=1S/C30H26Cl2N4O2S/c1-19-12-24(20(2)36(19)27-14-25(31)13-26(32)15-27)16-33-34-29(38)22-8-10-23(11-9-22)30-35(28(37)18-39-30)17-21-6-4-3-5-7-21/h3-16,30H,17-18H2,1-2H3,(H,34,38). The van der Waals surface area contributed by atoms with Gasteiger partial charge in [-0.05, 0) is 61.4 Å². The van der Waals surface area contributed by atoms with Gasteiger partial charge >= 0.3 is 0 Å². The number of benzene rings is 3.